The molecule has 1 saturated heterocycles. The van der Waals surface area contributed by atoms with E-state index in [4.69, 9.17) is 11.6 Å². The number of hydrogen-bond acceptors (Lipinski definition) is 3. The minimum atomic E-state index is 0.0506. The van der Waals surface area contributed by atoms with Gasteiger partial charge < -0.3 is 5.32 Å². The van der Waals surface area contributed by atoms with Gasteiger partial charge in [-0.05, 0) is 48.7 Å². The molecule has 1 aliphatic heterocycles. The van der Waals surface area contributed by atoms with Gasteiger partial charge in [0.05, 0.1) is 5.92 Å². The number of rotatable bonds is 5. The predicted octanol–water partition coefficient (Wildman–Crippen LogP) is 3.26. The second-order valence-corrected chi connectivity index (χ2v) is 6.72. The first-order valence-corrected chi connectivity index (χ1v) is 8.72. The quantitative estimate of drug-likeness (QED) is 0.906. The van der Waals surface area contributed by atoms with E-state index in [1.54, 1.807) is 12.4 Å². The largest absolute Gasteiger partial charge is 0.352 e. The molecule has 2 heterocycles. The fourth-order valence-electron chi connectivity index (χ4n) is 3.14. The Morgan fingerprint density at radius 3 is 2.96 bits per heavy atom. The van der Waals surface area contributed by atoms with Crippen molar-refractivity contribution in [3.63, 3.8) is 0 Å². The van der Waals surface area contributed by atoms with Gasteiger partial charge in [-0.15, -0.1) is 0 Å². The van der Waals surface area contributed by atoms with Gasteiger partial charge in [0.2, 0.25) is 5.91 Å². The van der Waals surface area contributed by atoms with Crippen molar-refractivity contribution < 1.29 is 4.79 Å². The summed E-state index contributed by atoms with van der Waals surface area (Å²) in [4.78, 5) is 18.9. The number of halogens is 1. The molecule has 1 amide bonds. The highest BCUT2D eigenvalue weighted by Gasteiger charge is 2.25. The molecule has 1 unspecified atom stereocenters. The number of likely N-dealkylation sites (tertiary alicyclic amines) is 1. The maximum absolute atomic E-state index is 12.4. The lowest BCUT2D eigenvalue weighted by atomic mass is 9.96. The number of piperidine rings is 1. The predicted molar refractivity (Wildman–Crippen MR) is 95.5 cm³/mol. The highest BCUT2D eigenvalue weighted by Crippen LogP contribution is 2.20. The molecule has 24 heavy (non-hydrogen) atoms. The average molecular weight is 344 g/mol. The van der Waals surface area contributed by atoms with E-state index >= 15 is 0 Å². The summed E-state index contributed by atoms with van der Waals surface area (Å²) in [6, 6.07) is 11.8. The first-order chi connectivity index (χ1) is 11.7. The van der Waals surface area contributed by atoms with Gasteiger partial charge in [-0.1, -0.05) is 29.8 Å². The number of hydrogen-bond donors (Lipinski definition) is 1. The molecule has 0 spiro atoms. The molecule has 2 aromatic rings. The molecule has 4 nitrogen and oxygen atoms in total. The Morgan fingerprint density at radius 1 is 1.29 bits per heavy atom. The maximum atomic E-state index is 12.4. The Hall–Kier alpha value is -1.91. The number of pyridine rings is 1. The Morgan fingerprint density at radius 2 is 2.17 bits per heavy atom. The molecule has 0 aliphatic carbocycles. The molecule has 1 aromatic carbocycles. The first kappa shape index (κ1) is 16.9. The molecule has 0 saturated carbocycles. The zero-order valence-electron chi connectivity index (χ0n) is 13.6. The molecule has 1 fully saturated rings. The van der Waals surface area contributed by atoms with Crippen LogP contribution in [0.5, 0.6) is 0 Å². The molecule has 126 valence electrons. The molecular formula is C19H22ClN3O. The third-order valence-electron chi connectivity index (χ3n) is 4.36. The summed E-state index contributed by atoms with van der Waals surface area (Å²) >= 11 is 6.05. The zero-order valence-corrected chi connectivity index (χ0v) is 14.4. The third-order valence-corrected chi connectivity index (χ3v) is 4.60. The van der Waals surface area contributed by atoms with E-state index < -0.39 is 0 Å². The van der Waals surface area contributed by atoms with Gasteiger partial charge in [-0.25, -0.2) is 0 Å². The number of carbonyl (C=O) groups is 1. The minimum absolute atomic E-state index is 0.0506. The van der Waals surface area contributed by atoms with Crippen molar-refractivity contribution in [1.82, 2.24) is 15.2 Å². The van der Waals surface area contributed by atoms with Crippen LogP contribution < -0.4 is 5.32 Å². The molecule has 1 N–H and O–H groups in total. The van der Waals surface area contributed by atoms with E-state index in [9.17, 15) is 4.79 Å². The third kappa shape index (κ3) is 4.79. The summed E-state index contributed by atoms with van der Waals surface area (Å²) in [5.41, 5.74) is 2.22. The van der Waals surface area contributed by atoms with Gasteiger partial charge in [-0.2, -0.15) is 0 Å². The van der Waals surface area contributed by atoms with Gasteiger partial charge in [-0.3, -0.25) is 14.7 Å². The number of nitrogens with one attached hydrogen (secondary N) is 1. The van der Waals surface area contributed by atoms with E-state index in [2.05, 4.69) is 21.3 Å². The highest BCUT2D eigenvalue weighted by molar-refractivity contribution is 6.30. The number of nitrogens with zero attached hydrogens (tertiary/aromatic N) is 2. The lowest BCUT2D eigenvalue weighted by molar-refractivity contribution is -0.126. The van der Waals surface area contributed by atoms with Crippen molar-refractivity contribution in [2.75, 3.05) is 13.1 Å². The van der Waals surface area contributed by atoms with Crippen LogP contribution >= 0.6 is 11.6 Å². The number of carbonyl (C=O) groups excluding carboxylic acids is 1. The van der Waals surface area contributed by atoms with Crippen LogP contribution in [0.15, 0.2) is 48.8 Å². The van der Waals surface area contributed by atoms with E-state index in [-0.39, 0.29) is 11.8 Å². The van der Waals surface area contributed by atoms with Gasteiger partial charge in [0, 0.05) is 37.1 Å². The zero-order chi connectivity index (χ0) is 16.8. The van der Waals surface area contributed by atoms with E-state index in [1.165, 1.54) is 5.56 Å². The summed E-state index contributed by atoms with van der Waals surface area (Å²) in [5, 5.41) is 3.79. The van der Waals surface area contributed by atoms with Crippen molar-refractivity contribution in [2.24, 2.45) is 5.92 Å². The highest BCUT2D eigenvalue weighted by atomic mass is 35.5. The monoisotopic (exact) mass is 343 g/mol. The summed E-state index contributed by atoms with van der Waals surface area (Å²) in [5.74, 6) is 0.184. The summed E-state index contributed by atoms with van der Waals surface area (Å²) in [6.45, 7) is 3.20. The van der Waals surface area contributed by atoms with E-state index in [1.807, 2.05) is 30.3 Å². The van der Waals surface area contributed by atoms with Crippen molar-refractivity contribution >= 4 is 17.5 Å². The van der Waals surface area contributed by atoms with Crippen LogP contribution in [0.3, 0.4) is 0 Å². The average Bonchev–Trinajstić information content (AvgIpc) is 2.61. The molecule has 1 aliphatic rings. The Kier molecular flexibility index (Phi) is 5.83. The molecule has 0 bridgehead atoms. The first-order valence-electron chi connectivity index (χ1n) is 8.34. The topological polar surface area (TPSA) is 45.2 Å². The van der Waals surface area contributed by atoms with Gasteiger partial charge in [0.1, 0.15) is 0 Å². The van der Waals surface area contributed by atoms with Crippen LogP contribution in [0.4, 0.5) is 0 Å². The summed E-state index contributed by atoms with van der Waals surface area (Å²) in [6.07, 6.45) is 5.52. The van der Waals surface area contributed by atoms with Crippen LogP contribution in [0, 0.1) is 5.92 Å². The van der Waals surface area contributed by atoms with E-state index in [0.29, 0.717) is 6.54 Å². The van der Waals surface area contributed by atoms with Crippen molar-refractivity contribution in [3.05, 3.63) is 64.9 Å². The Labute approximate surface area is 147 Å². The normalized spacial score (nSPS) is 18.3. The van der Waals surface area contributed by atoms with Gasteiger partial charge >= 0.3 is 0 Å². The molecule has 1 aromatic heterocycles. The fraction of sp³-hybridized carbons (Fsp3) is 0.368. The SMILES string of the molecule is O=C(NCc1cccnc1)C1CCCN(Cc2cccc(Cl)c2)C1. The number of aromatic nitrogens is 1. The molecule has 5 heteroatoms. The van der Waals surface area contributed by atoms with E-state index in [0.717, 1.165) is 43.1 Å². The van der Waals surface area contributed by atoms with Crippen LogP contribution in [0.25, 0.3) is 0 Å². The second-order valence-electron chi connectivity index (χ2n) is 6.28. The lowest BCUT2D eigenvalue weighted by Gasteiger charge is -2.32. The number of benzene rings is 1. The number of amides is 1. The summed E-state index contributed by atoms with van der Waals surface area (Å²) < 4.78 is 0. The second kappa shape index (κ2) is 8.27. The standard InChI is InChI=1S/C19H22ClN3O/c20-18-7-1-4-15(10-18)13-23-9-3-6-17(14-23)19(24)22-12-16-5-2-8-21-11-16/h1-2,4-5,7-8,10-11,17H,3,6,9,12-14H2,(H,22,24). The molecular weight excluding hydrogens is 322 g/mol. The maximum Gasteiger partial charge on any atom is 0.224 e. The van der Waals surface area contributed by atoms with Crippen molar-refractivity contribution in [2.45, 2.75) is 25.9 Å². The van der Waals surface area contributed by atoms with Gasteiger partial charge in [0.25, 0.3) is 0 Å². The summed E-state index contributed by atoms with van der Waals surface area (Å²) in [7, 11) is 0. The van der Waals surface area contributed by atoms with Crippen LogP contribution in [-0.2, 0) is 17.9 Å². The lowest BCUT2D eigenvalue weighted by Crippen LogP contribution is -2.42. The van der Waals surface area contributed by atoms with Crippen LogP contribution in [0.2, 0.25) is 5.02 Å². The van der Waals surface area contributed by atoms with Crippen molar-refractivity contribution in [1.29, 1.82) is 0 Å². The van der Waals surface area contributed by atoms with Gasteiger partial charge in [0.15, 0.2) is 0 Å². The molecule has 3 rings (SSSR count). The van der Waals surface area contributed by atoms with Crippen LogP contribution in [0.1, 0.15) is 24.0 Å². The molecule has 0 radical (unpaired) electrons. The Bertz CT molecular complexity index is 677. The van der Waals surface area contributed by atoms with Crippen LogP contribution in [-0.4, -0.2) is 28.9 Å². The Balaban J connectivity index is 1.52. The smallest absolute Gasteiger partial charge is 0.224 e. The molecule has 1 atom stereocenters. The van der Waals surface area contributed by atoms with Crippen molar-refractivity contribution in [3.8, 4) is 0 Å². The fourth-order valence-corrected chi connectivity index (χ4v) is 3.36. The minimum Gasteiger partial charge on any atom is -0.352 e.